The molecule has 0 fully saturated rings. The molecule has 0 radical (unpaired) electrons. The molecular formula is C11H14N4O. The van der Waals surface area contributed by atoms with Gasteiger partial charge in [0.2, 0.25) is 0 Å². The van der Waals surface area contributed by atoms with Crippen LogP contribution < -0.4 is 5.32 Å². The number of hydrogen-bond donors (Lipinski definition) is 1. The second-order valence-electron chi connectivity index (χ2n) is 3.68. The van der Waals surface area contributed by atoms with E-state index in [1.165, 1.54) is 5.56 Å². The van der Waals surface area contributed by atoms with Crippen molar-refractivity contribution >= 4 is 0 Å². The molecular weight excluding hydrogens is 204 g/mol. The minimum atomic E-state index is 0.249. The first-order valence-corrected chi connectivity index (χ1v) is 5.18. The highest BCUT2D eigenvalue weighted by Gasteiger charge is 2.08. The Hall–Kier alpha value is -1.75. The monoisotopic (exact) mass is 218 g/mol. The van der Waals surface area contributed by atoms with E-state index in [0.29, 0.717) is 6.54 Å². The van der Waals surface area contributed by atoms with Crippen molar-refractivity contribution in [2.24, 2.45) is 0 Å². The summed E-state index contributed by atoms with van der Waals surface area (Å²) in [5, 5.41) is 10.9. The van der Waals surface area contributed by atoms with Crippen LogP contribution in [0.25, 0.3) is 0 Å². The molecule has 0 bridgehead atoms. The number of pyridine rings is 1. The van der Waals surface area contributed by atoms with Crippen molar-refractivity contribution in [1.82, 2.24) is 20.6 Å². The summed E-state index contributed by atoms with van der Waals surface area (Å²) in [5.74, 6) is 0. The third-order valence-corrected chi connectivity index (χ3v) is 2.53. The van der Waals surface area contributed by atoms with Crippen LogP contribution in [0.5, 0.6) is 0 Å². The van der Waals surface area contributed by atoms with Gasteiger partial charge in [-0.25, -0.2) is 4.63 Å². The predicted octanol–water partition coefficient (Wildman–Crippen LogP) is 1.62. The van der Waals surface area contributed by atoms with Crippen molar-refractivity contribution in [2.45, 2.75) is 26.4 Å². The third-order valence-electron chi connectivity index (χ3n) is 2.53. The third kappa shape index (κ3) is 2.43. The van der Waals surface area contributed by atoms with E-state index in [1.54, 1.807) is 12.4 Å². The summed E-state index contributed by atoms with van der Waals surface area (Å²) < 4.78 is 4.63. The molecule has 2 heterocycles. The zero-order valence-corrected chi connectivity index (χ0v) is 9.34. The number of nitrogens with zero attached hydrogens (tertiary/aromatic N) is 3. The van der Waals surface area contributed by atoms with Crippen molar-refractivity contribution in [1.29, 1.82) is 0 Å². The van der Waals surface area contributed by atoms with Gasteiger partial charge in [-0.05, 0) is 31.5 Å². The molecule has 16 heavy (non-hydrogen) atoms. The summed E-state index contributed by atoms with van der Waals surface area (Å²) in [6.07, 6.45) is 3.58. The van der Waals surface area contributed by atoms with E-state index < -0.39 is 0 Å². The largest absolute Gasteiger partial charge is 0.304 e. The van der Waals surface area contributed by atoms with Gasteiger partial charge in [0.25, 0.3) is 0 Å². The average molecular weight is 218 g/mol. The number of aromatic nitrogens is 3. The van der Waals surface area contributed by atoms with Crippen LogP contribution in [-0.2, 0) is 6.54 Å². The van der Waals surface area contributed by atoms with Crippen LogP contribution >= 0.6 is 0 Å². The number of aryl methyl sites for hydroxylation is 1. The second-order valence-corrected chi connectivity index (χ2v) is 3.68. The molecule has 84 valence electrons. The second kappa shape index (κ2) is 4.85. The highest BCUT2D eigenvalue weighted by atomic mass is 16.6. The van der Waals surface area contributed by atoms with Crippen LogP contribution in [0.15, 0.2) is 29.2 Å². The van der Waals surface area contributed by atoms with E-state index in [1.807, 2.05) is 19.1 Å². The summed E-state index contributed by atoms with van der Waals surface area (Å²) in [7, 11) is 0. The molecule has 0 spiro atoms. The van der Waals surface area contributed by atoms with E-state index in [-0.39, 0.29) is 6.04 Å². The molecule has 2 rings (SSSR count). The average Bonchev–Trinajstić information content (AvgIpc) is 2.73. The van der Waals surface area contributed by atoms with Gasteiger partial charge in [-0.15, -0.1) is 0 Å². The molecule has 0 saturated carbocycles. The fourth-order valence-corrected chi connectivity index (χ4v) is 1.43. The van der Waals surface area contributed by atoms with Gasteiger partial charge >= 0.3 is 0 Å². The summed E-state index contributed by atoms with van der Waals surface area (Å²) in [6, 6.07) is 4.23. The maximum atomic E-state index is 4.63. The van der Waals surface area contributed by atoms with Gasteiger partial charge in [0, 0.05) is 25.0 Å². The Bertz CT molecular complexity index is 440. The zero-order chi connectivity index (χ0) is 11.4. The minimum absolute atomic E-state index is 0.249. The fourth-order valence-electron chi connectivity index (χ4n) is 1.43. The SMILES string of the molecule is Cc1nonc1CN[C@H](C)c1ccncc1. The lowest BCUT2D eigenvalue weighted by atomic mass is 10.1. The summed E-state index contributed by atoms with van der Waals surface area (Å²) in [6.45, 7) is 4.63. The minimum Gasteiger partial charge on any atom is -0.304 e. The number of rotatable bonds is 4. The van der Waals surface area contributed by atoms with E-state index in [9.17, 15) is 0 Å². The Labute approximate surface area is 93.9 Å². The molecule has 0 aliphatic carbocycles. The number of nitrogens with one attached hydrogen (secondary N) is 1. The standard InChI is InChI=1S/C11H14N4O/c1-8(10-3-5-12-6-4-10)13-7-11-9(2)14-16-15-11/h3-6,8,13H,7H2,1-2H3/t8-/m1/s1. The lowest BCUT2D eigenvalue weighted by Gasteiger charge is -2.12. The molecule has 2 aromatic rings. The highest BCUT2D eigenvalue weighted by Crippen LogP contribution is 2.11. The maximum absolute atomic E-state index is 4.63. The summed E-state index contributed by atoms with van der Waals surface area (Å²) in [5.41, 5.74) is 2.87. The topological polar surface area (TPSA) is 63.8 Å². The van der Waals surface area contributed by atoms with Crippen LogP contribution in [-0.4, -0.2) is 15.3 Å². The molecule has 0 unspecified atom stereocenters. The van der Waals surface area contributed by atoms with Crippen molar-refractivity contribution < 1.29 is 4.63 Å². The molecule has 2 aromatic heterocycles. The maximum Gasteiger partial charge on any atom is 0.121 e. The molecule has 0 amide bonds. The Morgan fingerprint density at radius 2 is 2.06 bits per heavy atom. The quantitative estimate of drug-likeness (QED) is 0.844. The smallest absolute Gasteiger partial charge is 0.121 e. The first-order valence-electron chi connectivity index (χ1n) is 5.18. The lowest BCUT2D eigenvalue weighted by Crippen LogP contribution is -2.18. The van der Waals surface area contributed by atoms with Gasteiger partial charge in [0.05, 0.1) is 0 Å². The highest BCUT2D eigenvalue weighted by molar-refractivity contribution is 5.14. The van der Waals surface area contributed by atoms with E-state index >= 15 is 0 Å². The van der Waals surface area contributed by atoms with Gasteiger partial charge in [-0.2, -0.15) is 0 Å². The molecule has 0 aromatic carbocycles. The van der Waals surface area contributed by atoms with Crippen LogP contribution in [0.3, 0.4) is 0 Å². The first-order chi connectivity index (χ1) is 7.77. The van der Waals surface area contributed by atoms with E-state index in [2.05, 4.69) is 32.2 Å². The van der Waals surface area contributed by atoms with Crippen LogP contribution in [0.2, 0.25) is 0 Å². The fraction of sp³-hybridized carbons (Fsp3) is 0.364. The van der Waals surface area contributed by atoms with Crippen LogP contribution in [0.4, 0.5) is 0 Å². The molecule has 1 N–H and O–H groups in total. The first kappa shape index (κ1) is 10.8. The van der Waals surface area contributed by atoms with Gasteiger partial charge in [-0.3, -0.25) is 4.98 Å². The lowest BCUT2D eigenvalue weighted by molar-refractivity contribution is 0.300. The van der Waals surface area contributed by atoms with Gasteiger partial charge in [0.15, 0.2) is 0 Å². The molecule has 5 heteroatoms. The van der Waals surface area contributed by atoms with E-state index in [4.69, 9.17) is 0 Å². The Balaban J connectivity index is 1.94. The van der Waals surface area contributed by atoms with Gasteiger partial charge < -0.3 is 5.32 Å². The van der Waals surface area contributed by atoms with Crippen molar-refractivity contribution in [3.8, 4) is 0 Å². The Kier molecular flexibility index (Phi) is 3.26. The Morgan fingerprint density at radius 1 is 1.31 bits per heavy atom. The van der Waals surface area contributed by atoms with Crippen LogP contribution in [0.1, 0.15) is 29.9 Å². The molecule has 0 aliphatic heterocycles. The summed E-state index contributed by atoms with van der Waals surface area (Å²) in [4.78, 5) is 3.99. The molecule has 0 aliphatic rings. The number of hydrogen-bond acceptors (Lipinski definition) is 5. The van der Waals surface area contributed by atoms with Crippen molar-refractivity contribution in [3.63, 3.8) is 0 Å². The predicted molar refractivity (Wildman–Crippen MR) is 58.5 cm³/mol. The zero-order valence-electron chi connectivity index (χ0n) is 9.34. The van der Waals surface area contributed by atoms with Crippen LogP contribution in [0, 0.1) is 6.92 Å². The summed E-state index contributed by atoms with van der Waals surface area (Å²) >= 11 is 0. The normalized spacial score (nSPS) is 12.6. The van der Waals surface area contributed by atoms with Gasteiger partial charge in [0.1, 0.15) is 11.4 Å². The molecule has 5 nitrogen and oxygen atoms in total. The Morgan fingerprint density at radius 3 is 2.69 bits per heavy atom. The molecule has 1 atom stereocenters. The van der Waals surface area contributed by atoms with Crippen molar-refractivity contribution in [2.75, 3.05) is 0 Å². The molecule has 0 saturated heterocycles. The van der Waals surface area contributed by atoms with E-state index in [0.717, 1.165) is 11.4 Å². The van der Waals surface area contributed by atoms with Crippen molar-refractivity contribution in [3.05, 3.63) is 41.5 Å². The van der Waals surface area contributed by atoms with Gasteiger partial charge in [-0.1, -0.05) is 10.3 Å².